The fraction of sp³-hybridized carbons (Fsp3) is 0.611. The van der Waals surface area contributed by atoms with Crippen LogP contribution in [0.1, 0.15) is 64.6 Å². The second kappa shape index (κ2) is 7.51. The van der Waals surface area contributed by atoms with Gasteiger partial charge in [-0.3, -0.25) is 14.6 Å². The normalized spacial score (nSPS) is 24.5. The van der Waals surface area contributed by atoms with Crippen molar-refractivity contribution in [3.05, 3.63) is 29.0 Å². The number of amides is 1. The quantitative estimate of drug-likeness (QED) is 0.837. The highest BCUT2D eigenvalue weighted by Gasteiger charge is 2.47. The molecule has 1 aromatic heterocycles. The SMILES string of the molecule is CCC(CC)N1C(=O)[C@@](C)(CC(=O)O)CC[C@H]1c1ccc(Cl)cn1. The van der Waals surface area contributed by atoms with Gasteiger partial charge in [0, 0.05) is 12.2 Å². The largest absolute Gasteiger partial charge is 0.481 e. The van der Waals surface area contributed by atoms with Gasteiger partial charge >= 0.3 is 5.97 Å². The Morgan fingerprint density at radius 3 is 2.62 bits per heavy atom. The number of hydrogen-bond donors (Lipinski definition) is 1. The van der Waals surface area contributed by atoms with Crippen LogP contribution in [-0.2, 0) is 9.59 Å². The third kappa shape index (κ3) is 3.72. The molecule has 2 atom stereocenters. The summed E-state index contributed by atoms with van der Waals surface area (Å²) < 4.78 is 0. The fourth-order valence-electron chi connectivity index (χ4n) is 3.63. The third-order valence-corrected chi connectivity index (χ3v) is 5.25. The van der Waals surface area contributed by atoms with Gasteiger partial charge in [-0.05, 0) is 37.8 Å². The van der Waals surface area contributed by atoms with Crippen LogP contribution in [0.5, 0.6) is 0 Å². The fourth-order valence-corrected chi connectivity index (χ4v) is 3.74. The molecule has 0 unspecified atom stereocenters. The molecule has 24 heavy (non-hydrogen) atoms. The van der Waals surface area contributed by atoms with Gasteiger partial charge in [0.25, 0.3) is 0 Å². The van der Waals surface area contributed by atoms with E-state index in [1.165, 1.54) is 0 Å². The number of piperidine rings is 1. The number of likely N-dealkylation sites (tertiary alicyclic amines) is 1. The highest BCUT2D eigenvalue weighted by Crippen LogP contribution is 2.44. The van der Waals surface area contributed by atoms with E-state index < -0.39 is 11.4 Å². The maximum absolute atomic E-state index is 13.2. The molecule has 6 heteroatoms. The Morgan fingerprint density at radius 1 is 1.46 bits per heavy atom. The third-order valence-electron chi connectivity index (χ3n) is 5.03. The van der Waals surface area contributed by atoms with Crippen molar-refractivity contribution >= 4 is 23.5 Å². The molecule has 1 aliphatic heterocycles. The summed E-state index contributed by atoms with van der Waals surface area (Å²) in [4.78, 5) is 30.7. The van der Waals surface area contributed by atoms with Crippen LogP contribution in [-0.4, -0.2) is 32.9 Å². The Kier molecular flexibility index (Phi) is 5.86. The average Bonchev–Trinajstić information content (AvgIpc) is 2.53. The molecule has 0 aromatic carbocycles. The zero-order valence-electron chi connectivity index (χ0n) is 14.5. The van der Waals surface area contributed by atoms with Crippen LogP contribution in [0.25, 0.3) is 0 Å². The monoisotopic (exact) mass is 352 g/mol. The van der Waals surface area contributed by atoms with Gasteiger partial charge in [0.15, 0.2) is 0 Å². The van der Waals surface area contributed by atoms with Crippen LogP contribution in [0.4, 0.5) is 0 Å². The van der Waals surface area contributed by atoms with Crippen molar-refractivity contribution in [3.63, 3.8) is 0 Å². The van der Waals surface area contributed by atoms with Gasteiger partial charge in [-0.15, -0.1) is 0 Å². The Hall–Kier alpha value is -1.62. The van der Waals surface area contributed by atoms with Gasteiger partial charge in [0.05, 0.1) is 28.6 Å². The molecule has 0 spiro atoms. The first-order valence-corrected chi connectivity index (χ1v) is 8.86. The summed E-state index contributed by atoms with van der Waals surface area (Å²) in [6.45, 7) is 5.87. The summed E-state index contributed by atoms with van der Waals surface area (Å²) in [5, 5.41) is 9.76. The first kappa shape index (κ1) is 18.7. The van der Waals surface area contributed by atoms with Gasteiger partial charge in [-0.2, -0.15) is 0 Å². The lowest BCUT2D eigenvalue weighted by molar-refractivity contribution is -0.159. The molecule has 2 heterocycles. The van der Waals surface area contributed by atoms with Crippen molar-refractivity contribution < 1.29 is 14.7 Å². The average molecular weight is 353 g/mol. The van der Waals surface area contributed by atoms with Crippen molar-refractivity contribution in [2.75, 3.05) is 0 Å². The van der Waals surface area contributed by atoms with Crippen LogP contribution in [0.2, 0.25) is 5.02 Å². The first-order chi connectivity index (χ1) is 11.3. The zero-order chi connectivity index (χ0) is 17.9. The topological polar surface area (TPSA) is 70.5 Å². The van der Waals surface area contributed by atoms with E-state index in [4.69, 9.17) is 11.6 Å². The van der Waals surface area contributed by atoms with E-state index >= 15 is 0 Å². The lowest BCUT2D eigenvalue weighted by atomic mass is 9.74. The number of carboxylic acids is 1. The van der Waals surface area contributed by atoms with Gasteiger partial charge in [-0.25, -0.2) is 0 Å². The number of halogens is 1. The lowest BCUT2D eigenvalue weighted by Crippen LogP contribution is -2.53. The summed E-state index contributed by atoms with van der Waals surface area (Å²) in [5.41, 5.74) is -0.0332. The highest BCUT2D eigenvalue weighted by molar-refractivity contribution is 6.30. The van der Waals surface area contributed by atoms with Crippen LogP contribution >= 0.6 is 11.6 Å². The maximum atomic E-state index is 13.2. The first-order valence-electron chi connectivity index (χ1n) is 8.48. The predicted octanol–water partition coefficient (Wildman–Crippen LogP) is 4.07. The number of carboxylic acid groups (broad SMARTS) is 1. The molecule has 1 N–H and O–H groups in total. The Balaban J connectivity index is 2.40. The van der Waals surface area contributed by atoms with E-state index in [0.29, 0.717) is 17.9 Å². The number of aliphatic carboxylic acids is 1. The zero-order valence-corrected chi connectivity index (χ0v) is 15.2. The number of aromatic nitrogens is 1. The van der Waals surface area contributed by atoms with Crippen molar-refractivity contribution in [2.45, 2.75) is 65.0 Å². The van der Waals surface area contributed by atoms with Crippen LogP contribution in [0.15, 0.2) is 18.3 Å². The number of rotatable bonds is 6. The number of pyridine rings is 1. The standard InChI is InChI=1S/C18H25ClN2O3/c1-4-13(5-2)21-15(14-7-6-12(19)11-20-14)8-9-18(3,17(21)24)10-16(22)23/h6-7,11,13,15H,4-5,8-10H2,1-3H3,(H,22,23)/t15-,18+/m0/s1. The molecule has 1 aromatic rings. The summed E-state index contributed by atoms with van der Waals surface area (Å²) >= 11 is 5.93. The molecule has 0 bridgehead atoms. The van der Waals surface area contributed by atoms with Crippen LogP contribution < -0.4 is 0 Å². The Bertz CT molecular complexity index is 601. The molecule has 2 rings (SSSR count). The molecule has 0 radical (unpaired) electrons. The lowest BCUT2D eigenvalue weighted by Gasteiger charge is -2.47. The molecule has 1 fully saturated rings. The summed E-state index contributed by atoms with van der Waals surface area (Å²) in [5.74, 6) is -1.01. The Morgan fingerprint density at radius 2 is 2.12 bits per heavy atom. The highest BCUT2D eigenvalue weighted by atomic mass is 35.5. The van der Waals surface area contributed by atoms with Crippen molar-refractivity contribution in [2.24, 2.45) is 5.41 Å². The minimum Gasteiger partial charge on any atom is -0.481 e. The minimum absolute atomic E-state index is 0.0772. The summed E-state index contributed by atoms with van der Waals surface area (Å²) in [6.07, 6.45) is 4.37. The summed E-state index contributed by atoms with van der Waals surface area (Å²) in [6, 6.07) is 3.59. The van der Waals surface area contributed by atoms with E-state index in [2.05, 4.69) is 18.8 Å². The molecule has 1 saturated heterocycles. The van der Waals surface area contributed by atoms with Crippen LogP contribution in [0.3, 0.4) is 0 Å². The van der Waals surface area contributed by atoms with Crippen LogP contribution in [0, 0.1) is 5.41 Å². The van der Waals surface area contributed by atoms with Gasteiger partial charge in [-0.1, -0.05) is 32.4 Å². The van der Waals surface area contributed by atoms with E-state index in [1.807, 2.05) is 11.0 Å². The molecular formula is C18H25ClN2O3. The second-order valence-electron chi connectivity index (χ2n) is 6.77. The van der Waals surface area contributed by atoms with Gasteiger partial charge in [0.1, 0.15) is 0 Å². The molecule has 5 nitrogen and oxygen atoms in total. The smallest absolute Gasteiger partial charge is 0.304 e. The van der Waals surface area contributed by atoms with E-state index in [0.717, 1.165) is 18.5 Å². The van der Waals surface area contributed by atoms with Crippen molar-refractivity contribution in [1.82, 2.24) is 9.88 Å². The van der Waals surface area contributed by atoms with Gasteiger partial charge in [0.2, 0.25) is 5.91 Å². The Labute approximate surface area is 148 Å². The molecule has 132 valence electrons. The second-order valence-corrected chi connectivity index (χ2v) is 7.21. The summed E-state index contributed by atoms with van der Waals surface area (Å²) in [7, 11) is 0. The van der Waals surface area contributed by atoms with Gasteiger partial charge < -0.3 is 10.0 Å². The minimum atomic E-state index is -0.932. The molecule has 0 saturated carbocycles. The molecule has 1 amide bonds. The van der Waals surface area contributed by atoms with E-state index in [-0.39, 0.29) is 24.4 Å². The molecule has 0 aliphatic carbocycles. The number of carbonyl (C=O) groups excluding carboxylic acids is 1. The number of nitrogens with zero attached hydrogens (tertiary/aromatic N) is 2. The van der Waals surface area contributed by atoms with E-state index in [9.17, 15) is 14.7 Å². The van der Waals surface area contributed by atoms with E-state index in [1.54, 1.807) is 19.2 Å². The number of hydrogen-bond acceptors (Lipinski definition) is 3. The predicted molar refractivity (Wildman–Crippen MR) is 92.8 cm³/mol. The van der Waals surface area contributed by atoms with Crippen molar-refractivity contribution in [1.29, 1.82) is 0 Å². The van der Waals surface area contributed by atoms with Crippen molar-refractivity contribution in [3.8, 4) is 0 Å². The maximum Gasteiger partial charge on any atom is 0.304 e. The number of carbonyl (C=O) groups is 2. The molecule has 1 aliphatic rings. The molecular weight excluding hydrogens is 328 g/mol.